The van der Waals surface area contributed by atoms with Crippen LogP contribution in [0.15, 0.2) is 18.3 Å². The minimum absolute atomic E-state index is 0.0343. The van der Waals surface area contributed by atoms with E-state index in [2.05, 4.69) is 4.98 Å². The molecule has 2 rings (SSSR count). The molecule has 4 heteroatoms. The van der Waals surface area contributed by atoms with E-state index in [1.807, 2.05) is 0 Å². The lowest BCUT2D eigenvalue weighted by Gasteiger charge is -2.04. The Balaban J connectivity index is 1.83. The molecule has 1 aliphatic carbocycles. The Kier molecular flexibility index (Phi) is 2.85. The Morgan fingerprint density at radius 2 is 2.33 bits per heavy atom. The van der Waals surface area contributed by atoms with Gasteiger partial charge < -0.3 is 10.5 Å². The fourth-order valence-corrected chi connectivity index (χ4v) is 1.36. The van der Waals surface area contributed by atoms with E-state index >= 15 is 0 Å². The van der Waals surface area contributed by atoms with Crippen LogP contribution in [0.25, 0.3) is 0 Å². The maximum Gasteiger partial charge on any atom is 0.213 e. The van der Waals surface area contributed by atoms with E-state index in [0.717, 1.165) is 18.9 Å². The van der Waals surface area contributed by atoms with Crippen LogP contribution in [0, 0.1) is 11.3 Å². The molecular formula is C11H15N3O. The highest BCUT2D eigenvalue weighted by atomic mass is 16.5. The van der Waals surface area contributed by atoms with E-state index in [0.29, 0.717) is 11.4 Å². The summed E-state index contributed by atoms with van der Waals surface area (Å²) in [5.41, 5.74) is 5.94. The molecule has 0 amide bonds. The van der Waals surface area contributed by atoms with Gasteiger partial charge in [0.05, 0.1) is 6.61 Å². The zero-order valence-corrected chi connectivity index (χ0v) is 8.57. The molecular weight excluding hydrogens is 190 g/mol. The van der Waals surface area contributed by atoms with Gasteiger partial charge in [-0.05, 0) is 18.4 Å². The number of aromatic nitrogens is 1. The predicted molar refractivity (Wildman–Crippen MR) is 58.1 cm³/mol. The van der Waals surface area contributed by atoms with Crippen LogP contribution in [-0.2, 0) is 0 Å². The third-order valence-electron chi connectivity index (χ3n) is 2.52. The van der Waals surface area contributed by atoms with E-state index in [1.165, 1.54) is 12.8 Å². The molecule has 0 spiro atoms. The van der Waals surface area contributed by atoms with Gasteiger partial charge in [-0.2, -0.15) is 0 Å². The Morgan fingerprint density at radius 3 is 2.87 bits per heavy atom. The molecule has 0 aliphatic heterocycles. The zero-order chi connectivity index (χ0) is 10.7. The quantitative estimate of drug-likeness (QED) is 0.565. The smallest absolute Gasteiger partial charge is 0.213 e. The minimum Gasteiger partial charge on any atom is -0.478 e. The highest BCUT2D eigenvalue weighted by Crippen LogP contribution is 2.32. The number of nitrogens with zero attached hydrogens (tertiary/aromatic N) is 1. The van der Waals surface area contributed by atoms with E-state index in [-0.39, 0.29) is 5.84 Å². The molecule has 0 atom stereocenters. The fraction of sp³-hybridized carbons (Fsp3) is 0.455. The van der Waals surface area contributed by atoms with Gasteiger partial charge in [-0.15, -0.1) is 0 Å². The molecule has 1 aromatic heterocycles. The number of hydrogen-bond donors (Lipinski definition) is 2. The molecule has 1 fully saturated rings. The summed E-state index contributed by atoms with van der Waals surface area (Å²) in [6.07, 6.45) is 5.38. The van der Waals surface area contributed by atoms with Crippen molar-refractivity contribution in [1.29, 1.82) is 5.41 Å². The Labute approximate surface area is 89.0 Å². The molecule has 4 nitrogen and oxygen atoms in total. The minimum atomic E-state index is 0.0343. The second kappa shape index (κ2) is 4.29. The van der Waals surface area contributed by atoms with Crippen LogP contribution in [0.5, 0.6) is 5.88 Å². The van der Waals surface area contributed by atoms with Crippen molar-refractivity contribution < 1.29 is 4.74 Å². The third-order valence-corrected chi connectivity index (χ3v) is 2.52. The average Bonchev–Trinajstić information content (AvgIpc) is 3.02. The SMILES string of the molecule is N=C(N)c1ccc(OCCC2CC2)nc1. The van der Waals surface area contributed by atoms with Crippen LogP contribution in [0.2, 0.25) is 0 Å². The van der Waals surface area contributed by atoms with Gasteiger partial charge >= 0.3 is 0 Å². The molecule has 3 N–H and O–H groups in total. The standard InChI is InChI=1S/C11H15N3O/c12-11(13)9-3-4-10(14-7-9)15-6-5-8-1-2-8/h3-4,7-8H,1-2,5-6H2,(H3,12,13). The Morgan fingerprint density at radius 1 is 1.53 bits per heavy atom. The van der Waals surface area contributed by atoms with Gasteiger partial charge in [0.25, 0.3) is 0 Å². The first kappa shape index (κ1) is 9.96. The zero-order valence-electron chi connectivity index (χ0n) is 8.57. The highest BCUT2D eigenvalue weighted by molar-refractivity contribution is 5.94. The lowest BCUT2D eigenvalue weighted by atomic mass is 10.3. The Hall–Kier alpha value is -1.58. The van der Waals surface area contributed by atoms with Crippen molar-refractivity contribution >= 4 is 5.84 Å². The van der Waals surface area contributed by atoms with Crippen molar-refractivity contribution in [1.82, 2.24) is 4.98 Å². The summed E-state index contributed by atoms with van der Waals surface area (Å²) >= 11 is 0. The van der Waals surface area contributed by atoms with Gasteiger partial charge in [-0.3, -0.25) is 5.41 Å². The van der Waals surface area contributed by atoms with Gasteiger partial charge in [0.1, 0.15) is 5.84 Å². The van der Waals surface area contributed by atoms with Gasteiger partial charge in [-0.1, -0.05) is 12.8 Å². The summed E-state index contributed by atoms with van der Waals surface area (Å²) in [5, 5.41) is 7.21. The van der Waals surface area contributed by atoms with Gasteiger partial charge in [0.2, 0.25) is 5.88 Å². The third kappa shape index (κ3) is 2.94. The predicted octanol–water partition coefficient (Wildman–Crippen LogP) is 1.54. The summed E-state index contributed by atoms with van der Waals surface area (Å²) in [5.74, 6) is 1.52. The Bertz CT molecular complexity index is 343. The number of hydrogen-bond acceptors (Lipinski definition) is 3. The molecule has 15 heavy (non-hydrogen) atoms. The van der Waals surface area contributed by atoms with E-state index in [4.69, 9.17) is 15.9 Å². The molecule has 0 saturated heterocycles. The molecule has 80 valence electrons. The van der Waals surface area contributed by atoms with Gasteiger partial charge in [-0.25, -0.2) is 4.98 Å². The number of nitrogens with one attached hydrogen (secondary N) is 1. The number of nitrogens with two attached hydrogens (primary N) is 1. The van der Waals surface area contributed by atoms with Crippen molar-refractivity contribution in [3.8, 4) is 5.88 Å². The molecule has 1 heterocycles. The number of amidine groups is 1. The van der Waals surface area contributed by atoms with Gasteiger partial charge in [0.15, 0.2) is 0 Å². The van der Waals surface area contributed by atoms with Crippen molar-refractivity contribution in [2.45, 2.75) is 19.3 Å². The molecule has 0 bridgehead atoms. The monoisotopic (exact) mass is 205 g/mol. The second-order valence-electron chi connectivity index (χ2n) is 3.88. The number of ether oxygens (including phenoxy) is 1. The van der Waals surface area contributed by atoms with Crippen molar-refractivity contribution in [3.05, 3.63) is 23.9 Å². The summed E-state index contributed by atoms with van der Waals surface area (Å²) in [6.45, 7) is 0.733. The number of rotatable bonds is 5. The van der Waals surface area contributed by atoms with Crippen molar-refractivity contribution in [3.63, 3.8) is 0 Å². The van der Waals surface area contributed by atoms with Crippen LogP contribution >= 0.6 is 0 Å². The van der Waals surface area contributed by atoms with Crippen LogP contribution in [0.4, 0.5) is 0 Å². The lowest BCUT2D eigenvalue weighted by molar-refractivity contribution is 0.291. The summed E-state index contributed by atoms with van der Waals surface area (Å²) in [6, 6.07) is 3.51. The molecule has 0 unspecified atom stereocenters. The number of nitrogen functional groups attached to an aromatic ring is 1. The lowest BCUT2D eigenvalue weighted by Crippen LogP contribution is -2.11. The van der Waals surface area contributed by atoms with Crippen LogP contribution in [0.3, 0.4) is 0 Å². The molecule has 1 aromatic rings. The topological polar surface area (TPSA) is 72.0 Å². The number of pyridine rings is 1. The first-order chi connectivity index (χ1) is 7.25. The molecule has 0 radical (unpaired) electrons. The first-order valence-corrected chi connectivity index (χ1v) is 5.19. The molecule has 1 aliphatic rings. The summed E-state index contributed by atoms with van der Waals surface area (Å²) in [4.78, 5) is 4.07. The highest BCUT2D eigenvalue weighted by Gasteiger charge is 2.20. The normalized spacial score (nSPS) is 14.9. The fourth-order valence-electron chi connectivity index (χ4n) is 1.36. The van der Waals surface area contributed by atoms with Crippen LogP contribution < -0.4 is 10.5 Å². The van der Waals surface area contributed by atoms with Crippen LogP contribution in [0.1, 0.15) is 24.8 Å². The van der Waals surface area contributed by atoms with E-state index in [9.17, 15) is 0 Å². The van der Waals surface area contributed by atoms with Crippen molar-refractivity contribution in [2.24, 2.45) is 11.7 Å². The van der Waals surface area contributed by atoms with Crippen LogP contribution in [-0.4, -0.2) is 17.4 Å². The van der Waals surface area contributed by atoms with E-state index in [1.54, 1.807) is 18.3 Å². The largest absolute Gasteiger partial charge is 0.478 e. The molecule has 1 saturated carbocycles. The second-order valence-corrected chi connectivity index (χ2v) is 3.88. The van der Waals surface area contributed by atoms with E-state index < -0.39 is 0 Å². The van der Waals surface area contributed by atoms with Crippen molar-refractivity contribution in [2.75, 3.05) is 6.61 Å². The summed E-state index contributed by atoms with van der Waals surface area (Å²) in [7, 11) is 0. The average molecular weight is 205 g/mol. The van der Waals surface area contributed by atoms with Gasteiger partial charge in [0, 0.05) is 17.8 Å². The first-order valence-electron chi connectivity index (χ1n) is 5.19. The summed E-state index contributed by atoms with van der Waals surface area (Å²) < 4.78 is 5.47. The molecule has 0 aromatic carbocycles. The maximum atomic E-state index is 7.21. The maximum absolute atomic E-state index is 7.21.